The molecular weight excluding hydrogens is 490 g/mol. The summed E-state index contributed by atoms with van der Waals surface area (Å²) < 4.78 is 11.4. The van der Waals surface area contributed by atoms with Crippen molar-refractivity contribution in [3.8, 4) is 11.3 Å². The molecular formula is C29H38ClN3O4. The number of likely N-dealkylation sites (tertiary alicyclic amines) is 1. The van der Waals surface area contributed by atoms with Crippen molar-refractivity contribution in [3.63, 3.8) is 0 Å². The van der Waals surface area contributed by atoms with Crippen LogP contribution in [0, 0.1) is 5.92 Å². The van der Waals surface area contributed by atoms with Crippen LogP contribution in [0.15, 0.2) is 40.8 Å². The third kappa shape index (κ3) is 5.74. The molecule has 1 atom stereocenters. The van der Waals surface area contributed by atoms with Crippen LogP contribution >= 0.6 is 11.6 Å². The van der Waals surface area contributed by atoms with Gasteiger partial charge in [0, 0.05) is 37.3 Å². The molecule has 3 heterocycles. The third-order valence-electron chi connectivity index (χ3n) is 8.46. The van der Waals surface area contributed by atoms with Gasteiger partial charge in [-0.05, 0) is 49.4 Å². The van der Waals surface area contributed by atoms with Crippen LogP contribution in [0.5, 0.6) is 0 Å². The second-order valence-electron chi connectivity index (χ2n) is 10.8. The monoisotopic (exact) mass is 527 g/mol. The maximum Gasteiger partial charge on any atom is 0.246 e. The third-order valence-corrected chi connectivity index (χ3v) is 8.69. The summed E-state index contributed by atoms with van der Waals surface area (Å²) in [4.78, 5) is 31.4. The van der Waals surface area contributed by atoms with Crippen LogP contribution in [0.1, 0.15) is 57.1 Å². The molecule has 8 heteroatoms. The molecule has 2 aromatic rings. The average molecular weight is 528 g/mol. The largest absolute Gasteiger partial charge is 0.460 e. The van der Waals surface area contributed by atoms with Gasteiger partial charge in [-0.1, -0.05) is 55.8 Å². The van der Waals surface area contributed by atoms with Gasteiger partial charge >= 0.3 is 0 Å². The average Bonchev–Trinajstić information content (AvgIpc) is 3.38. The predicted molar refractivity (Wildman–Crippen MR) is 143 cm³/mol. The molecule has 1 N–H and O–H groups in total. The van der Waals surface area contributed by atoms with Crippen LogP contribution in [-0.4, -0.2) is 66.5 Å². The lowest BCUT2D eigenvalue weighted by atomic mass is 9.79. The Morgan fingerprint density at radius 1 is 1.11 bits per heavy atom. The summed E-state index contributed by atoms with van der Waals surface area (Å²) in [5.41, 5.74) is 0.148. The maximum absolute atomic E-state index is 13.7. The van der Waals surface area contributed by atoms with Gasteiger partial charge in [0.2, 0.25) is 11.8 Å². The molecule has 3 aliphatic rings. The number of halogens is 1. The summed E-state index contributed by atoms with van der Waals surface area (Å²) in [5.74, 6) is 2.25. The number of benzene rings is 1. The van der Waals surface area contributed by atoms with Crippen molar-refractivity contribution < 1.29 is 18.7 Å². The Morgan fingerprint density at radius 2 is 1.89 bits per heavy atom. The van der Waals surface area contributed by atoms with Crippen molar-refractivity contribution in [1.29, 1.82) is 0 Å². The number of hydrogen-bond acceptors (Lipinski definition) is 5. The van der Waals surface area contributed by atoms with Gasteiger partial charge in [-0.15, -0.1) is 0 Å². The number of ether oxygens (including phenoxy) is 1. The van der Waals surface area contributed by atoms with Crippen LogP contribution in [0.2, 0.25) is 5.02 Å². The van der Waals surface area contributed by atoms with E-state index in [4.69, 9.17) is 20.8 Å². The molecule has 1 spiro atoms. The molecule has 3 fully saturated rings. The van der Waals surface area contributed by atoms with Gasteiger partial charge in [0.1, 0.15) is 23.1 Å². The highest BCUT2D eigenvalue weighted by Gasteiger charge is 2.53. The van der Waals surface area contributed by atoms with E-state index in [1.807, 2.05) is 41.3 Å². The summed E-state index contributed by atoms with van der Waals surface area (Å²) in [6.45, 7) is 2.97. The molecule has 1 saturated carbocycles. The van der Waals surface area contributed by atoms with E-state index in [9.17, 15) is 9.59 Å². The molecule has 2 aliphatic heterocycles. The maximum atomic E-state index is 13.7. The second kappa shape index (κ2) is 11.6. The van der Waals surface area contributed by atoms with E-state index < -0.39 is 11.6 Å². The van der Waals surface area contributed by atoms with Crippen molar-refractivity contribution in [2.45, 2.75) is 69.5 Å². The molecule has 1 unspecified atom stereocenters. The summed E-state index contributed by atoms with van der Waals surface area (Å²) in [6.07, 6.45) is 8.00. The Balaban J connectivity index is 1.24. The standard InChI is InChI=1S/C29H38ClN3O4/c1-36-17-16-33-27(34)25(18-21-6-3-2-4-7-21)31-28(35)29(33)12-14-32(15-13-29)20-24-10-11-26(37-24)22-8-5-9-23(30)19-22/h5,8-11,19,21,25H,2-4,6-7,12-18,20H2,1H3,(H,31,35). The molecule has 1 aromatic carbocycles. The molecule has 5 rings (SSSR count). The van der Waals surface area contributed by atoms with E-state index in [1.54, 1.807) is 7.11 Å². The normalized spacial score (nSPS) is 23.0. The molecule has 7 nitrogen and oxygen atoms in total. The molecule has 0 radical (unpaired) electrons. The minimum atomic E-state index is -0.801. The Labute approximate surface area is 224 Å². The fourth-order valence-corrected chi connectivity index (χ4v) is 6.55. The van der Waals surface area contributed by atoms with Crippen LogP contribution in [0.3, 0.4) is 0 Å². The van der Waals surface area contributed by atoms with E-state index in [-0.39, 0.29) is 11.8 Å². The smallest absolute Gasteiger partial charge is 0.246 e. The first-order valence-electron chi connectivity index (χ1n) is 13.7. The zero-order chi connectivity index (χ0) is 25.8. The lowest BCUT2D eigenvalue weighted by molar-refractivity contribution is -0.162. The Kier molecular flexibility index (Phi) is 8.22. The molecule has 1 aliphatic carbocycles. The molecule has 0 bridgehead atoms. The van der Waals surface area contributed by atoms with Crippen LogP contribution in [-0.2, 0) is 20.9 Å². The number of nitrogens with one attached hydrogen (secondary N) is 1. The van der Waals surface area contributed by atoms with Crippen molar-refractivity contribution in [2.24, 2.45) is 5.92 Å². The lowest BCUT2D eigenvalue weighted by Crippen LogP contribution is -2.73. The zero-order valence-electron chi connectivity index (χ0n) is 21.7. The van der Waals surface area contributed by atoms with Crippen molar-refractivity contribution in [1.82, 2.24) is 15.1 Å². The van der Waals surface area contributed by atoms with Gasteiger partial charge in [-0.25, -0.2) is 0 Å². The van der Waals surface area contributed by atoms with E-state index >= 15 is 0 Å². The quantitative estimate of drug-likeness (QED) is 0.529. The first-order valence-corrected chi connectivity index (χ1v) is 14.0. The zero-order valence-corrected chi connectivity index (χ0v) is 22.5. The summed E-state index contributed by atoms with van der Waals surface area (Å²) in [7, 11) is 1.64. The summed E-state index contributed by atoms with van der Waals surface area (Å²) >= 11 is 6.13. The number of methoxy groups -OCH3 is 1. The summed E-state index contributed by atoms with van der Waals surface area (Å²) in [6, 6.07) is 11.2. The molecule has 1 aromatic heterocycles. The molecule has 37 heavy (non-hydrogen) atoms. The Morgan fingerprint density at radius 3 is 2.62 bits per heavy atom. The number of amides is 2. The molecule has 2 amide bonds. The molecule has 200 valence electrons. The first kappa shape index (κ1) is 26.3. The number of piperazine rings is 1. The van der Waals surface area contributed by atoms with Crippen LogP contribution in [0.4, 0.5) is 0 Å². The van der Waals surface area contributed by atoms with Crippen molar-refractivity contribution in [2.75, 3.05) is 33.4 Å². The molecule has 2 saturated heterocycles. The first-order chi connectivity index (χ1) is 18.0. The highest BCUT2D eigenvalue weighted by atomic mass is 35.5. The fraction of sp³-hybridized carbons (Fsp3) is 0.586. The fourth-order valence-electron chi connectivity index (χ4n) is 6.36. The number of furan rings is 1. The topological polar surface area (TPSA) is 75.0 Å². The van der Waals surface area contributed by atoms with Gasteiger partial charge < -0.3 is 19.4 Å². The minimum absolute atomic E-state index is 0.00454. The van der Waals surface area contributed by atoms with Crippen LogP contribution < -0.4 is 5.32 Å². The van der Waals surface area contributed by atoms with Crippen molar-refractivity contribution in [3.05, 3.63) is 47.2 Å². The van der Waals surface area contributed by atoms with Gasteiger partial charge in [0.25, 0.3) is 0 Å². The number of carbonyl (C=O) groups excluding carboxylic acids is 2. The predicted octanol–water partition coefficient (Wildman–Crippen LogP) is 4.88. The summed E-state index contributed by atoms with van der Waals surface area (Å²) in [5, 5.41) is 3.83. The highest BCUT2D eigenvalue weighted by molar-refractivity contribution is 6.30. The van der Waals surface area contributed by atoms with E-state index in [0.717, 1.165) is 36.3 Å². The van der Waals surface area contributed by atoms with Gasteiger partial charge in [0.15, 0.2) is 0 Å². The van der Waals surface area contributed by atoms with E-state index in [0.29, 0.717) is 56.6 Å². The number of nitrogens with zero attached hydrogens (tertiary/aromatic N) is 2. The minimum Gasteiger partial charge on any atom is -0.460 e. The number of piperidine rings is 1. The number of carbonyl (C=O) groups is 2. The van der Waals surface area contributed by atoms with Gasteiger partial charge in [-0.3, -0.25) is 14.5 Å². The Hall–Kier alpha value is -2.35. The Bertz CT molecular complexity index is 1090. The van der Waals surface area contributed by atoms with Crippen molar-refractivity contribution >= 4 is 23.4 Å². The van der Waals surface area contributed by atoms with E-state index in [2.05, 4.69) is 10.2 Å². The van der Waals surface area contributed by atoms with Gasteiger partial charge in [0.05, 0.1) is 13.2 Å². The van der Waals surface area contributed by atoms with Gasteiger partial charge in [-0.2, -0.15) is 0 Å². The van der Waals surface area contributed by atoms with E-state index in [1.165, 1.54) is 19.3 Å². The number of rotatable bonds is 8. The second-order valence-corrected chi connectivity index (χ2v) is 11.3. The number of hydrogen-bond donors (Lipinski definition) is 1. The van der Waals surface area contributed by atoms with Crippen LogP contribution in [0.25, 0.3) is 11.3 Å². The SMILES string of the molecule is COCCN1C(=O)C(CC2CCCCC2)NC(=O)C12CCN(Cc1ccc(-c3cccc(Cl)c3)o1)CC2. The highest BCUT2D eigenvalue weighted by Crippen LogP contribution is 2.36. The lowest BCUT2D eigenvalue weighted by Gasteiger charge is -2.52.